The smallest absolute Gasteiger partial charge is 0.255 e. The van der Waals surface area contributed by atoms with Crippen LogP contribution in [0.5, 0.6) is 0 Å². The van der Waals surface area contributed by atoms with Crippen LogP contribution in [0.2, 0.25) is 0 Å². The van der Waals surface area contributed by atoms with Crippen LogP contribution in [0.4, 0.5) is 10.1 Å². The fourth-order valence-electron chi connectivity index (χ4n) is 3.00. The Kier molecular flexibility index (Phi) is 5.20. The standard InChI is InChI=1S/C16H17BrFNOS2/c1-2-21-22-16-12-6-4-3-5-11(12)15(20)19(16)14-8-7-10(17)9-13(14)18/h7-9,16H,2-6H2,1H3. The molecule has 0 fully saturated rings. The van der Waals surface area contributed by atoms with Crippen molar-refractivity contribution in [1.29, 1.82) is 0 Å². The second kappa shape index (κ2) is 6.97. The molecule has 0 spiro atoms. The SMILES string of the molecule is CCSSC1C2=C(CCCC2)C(=O)N1c1ccc(Br)cc1F. The molecule has 118 valence electrons. The third-order valence-corrected chi connectivity index (χ3v) is 7.17. The molecule has 1 aliphatic heterocycles. The highest BCUT2D eigenvalue weighted by Crippen LogP contribution is 2.47. The third kappa shape index (κ3) is 2.97. The molecule has 1 aromatic carbocycles. The number of carbonyl (C=O) groups excluding carboxylic acids is 1. The van der Waals surface area contributed by atoms with Crippen molar-refractivity contribution >= 4 is 49.1 Å². The summed E-state index contributed by atoms with van der Waals surface area (Å²) in [5, 5.41) is -0.0663. The normalized spacial score (nSPS) is 21.5. The number of anilines is 1. The van der Waals surface area contributed by atoms with E-state index in [0.29, 0.717) is 10.2 Å². The Morgan fingerprint density at radius 3 is 2.86 bits per heavy atom. The number of benzene rings is 1. The van der Waals surface area contributed by atoms with Crippen LogP contribution in [0.25, 0.3) is 0 Å². The van der Waals surface area contributed by atoms with Gasteiger partial charge in [0.05, 0.1) is 5.69 Å². The van der Waals surface area contributed by atoms with E-state index >= 15 is 0 Å². The molecule has 1 atom stereocenters. The maximum atomic E-state index is 14.4. The first kappa shape index (κ1) is 16.4. The molecule has 1 unspecified atom stereocenters. The fourth-order valence-corrected chi connectivity index (χ4v) is 5.67. The second-order valence-electron chi connectivity index (χ2n) is 5.34. The zero-order valence-electron chi connectivity index (χ0n) is 12.3. The molecule has 0 radical (unpaired) electrons. The van der Waals surface area contributed by atoms with Crippen LogP contribution in [0.1, 0.15) is 32.6 Å². The number of carbonyl (C=O) groups is 1. The van der Waals surface area contributed by atoms with E-state index in [4.69, 9.17) is 0 Å². The summed E-state index contributed by atoms with van der Waals surface area (Å²) in [6.07, 6.45) is 3.96. The molecule has 2 aliphatic rings. The predicted molar refractivity (Wildman–Crippen MR) is 96.6 cm³/mol. The molecule has 1 amide bonds. The van der Waals surface area contributed by atoms with E-state index in [0.717, 1.165) is 37.0 Å². The minimum atomic E-state index is -0.352. The fraction of sp³-hybridized carbons (Fsp3) is 0.438. The van der Waals surface area contributed by atoms with E-state index in [-0.39, 0.29) is 17.1 Å². The molecule has 3 rings (SSSR count). The Hall–Kier alpha value is -0.460. The van der Waals surface area contributed by atoms with Gasteiger partial charge in [-0.2, -0.15) is 0 Å². The lowest BCUT2D eigenvalue weighted by atomic mass is 9.94. The molecular formula is C16H17BrFNOS2. The van der Waals surface area contributed by atoms with E-state index in [2.05, 4.69) is 22.9 Å². The van der Waals surface area contributed by atoms with Crippen LogP contribution in [-0.4, -0.2) is 17.0 Å². The van der Waals surface area contributed by atoms with Gasteiger partial charge >= 0.3 is 0 Å². The van der Waals surface area contributed by atoms with Crippen molar-refractivity contribution in [3.05, 3.63) is 39.6 Å². The van der Waals surface area contributed by atoms with Crippen LogP contribution in [0.3, 0.4) is 0 Å². The molecule has 0 N–H and O–H groups in total. The summed E-state index contributed by atoms with van der Waals surface area (Å²) in [5.41, 5.74) is 2.52. The molecule has 0 bridgehead atoms. The second-order valence-corrected chi connectivity index (χ2v) is 8.99. The van der Waals surface area contributed by atoms with Gasteiger partial charge in [-0.1, -0.05) is 44.4 Å². The Morgan fingerprint density at radius 1 is 1.36 bits per heavy atom. The molecule has 2 nitrogen and oxygen atoms in total. The summed E-state index contributed by atoms with van der Waals surface area (Å²) in [4.78, 5) is 14.5. The maximum absolute atomic E-state index is 14.4. The number of amides is 1. The minimum Gasteiger partial charge on any atom is -0.289 e. The molecule has 0 saturated carbocycles. The van der Waals surface area contributed by atoms with Crippen molar-refractivity contribution < 1.29 is 9.18 Å². The van der Waals surface area contributed by atoms with Gasteiger partial charge in [-0.25, -0.2) is 4.39 Å². The molecule has 22 heavy (non-hydrogen) atoms. The van der Waals surface area contributed by atoms with Crippen LogP contribution in [0.15, 0.2) is 33.8 Å². The predicted octanol–water partition coefficient (Wildman–Crippen LogP) is 5.53. The Balaban J connectivity index is 1.99. The van der Waals surface area contributed by atoms with E-state index in [1.165, 1.54) is 11.6 Å². The largest absolute Gasteiger partial charge is 0.289 e. The lowest BCUT2D eigenvalue weighted by Crippen LogP contribution is -2.34. The first-order valence-corrected chi connectivity index (χ1v) is 10.6. The lowest BCUT2D eigenvalue weighted by Gasteiger charge is -2.26. The molecule has 0 aromatic heterocycles. The highest BCUT2D eigenvalue weighted by molar-refractivity contribution is 9.10. The molecule has 1 aromatic rings. The van der Waals surface area contributed by atoms with E-state index < -0.39 is 0 Å². The quantitative estimate of drug-likeness (QED) is 0.618. The molecule has 0 saturated heterocycles. The maximum Gasteiger partial charge on any atom is 0.255 e. The van der Waals surface area contributed by atoms with Gasteiger partial charge in [-0.15, -0.1) is 0 Å². The summed E-state index contributed by atoms with van der Waals surface area (Å²) in [6, 6.07) is 4.91. The molecule has 1 aliphatic carbocycles. The number of nitrogens with zero attached hydrogens (tertiary/aromatic N) is 1. The van der Waals surface area contributed by atoms with Crippen molar-refractivity contribution in [2.45, 2.75) is 38.0 Å². The first-order valence-electron chi connectivity index (χ1n) is 7.42. The van der Waals surface area contributed by atoms with Crippen LogP contribution in [0, 0.1) is 5.82 Å². The summed E-state index contributed by atoms with van der Waals surface area (Å²) in [5.74, 6) is 0.606. The number of hydrogen-bond donors (Lipinski definition) is 0. The highest BCUT2D eigenvalue weighted by Gasteiger charge is 2.41. The number of rotatable bonds is 4. The zero-order chi connectivity index (χ0) is 15.7. The van der Waals surface area contributed by atoms with Crippen molar-refractivity contribution in [3.8, 4) is 0 Å². The van der Waals surface area contributed by atoms with Crippen molar-refractivity contribution in [1.82, 2.24) is 0 Å². The Bertz CT molecular complexity index is 635. The van der Waals surface area contributed by atoms with Gasteiger partial charge in [-0.05, 0) is 49.5 Å². The number of halogens is 2. The van der Waals surface area contributed by atoms with Gasteiger partial charge in [0.15, 0.2) is 0 Å². The van der Waals surface area contributed by atoms with Crippen LogP contribution >= 0.6 is 37.5 Å². The monoisotopic (exact) mass is 401 g/mol. The molecule has 6 heteroatoms. The van der Waals surface area contributed by atoms with Gasteiger partial charge < -0.3 is 0 Å². The topological polar surface area (TPSA) is 20.3 Å². The summed E-state index contributed by atoms with van der Waals surface area (Å²) < 4.78 is 15.1. The third-order valence-electron chi connectivity index (χ3n) is 3.97. The van der Waals surface area contributed by atoms with E-state index in [9.17, 15) is 9.18 Å². The Labute approximate surface area is 146 Å². The van der Waals surface area contributed by atoms with Gasteiger partial charge in [-0.3, -0.25) is 9.69 Å². The van der Waals surface area contributed by atoms with Crippen LogP contribution in [-0.2, 0) is 4.79 Å². The van der Waals surface area contributed by atoms with Crippen molar-refractivity contribution in [2.24, 2.45) is 0 Å². The number of hydrogen-bond acceptors (Lipinski definition) is 3. The van der Waals surface area contributed by atoms with Gasteiger partial charge in [0.25, 0.3) is 5.91 Å². The molecular weight excluding hydrogens is 385 g/mol. The Morgan fingerprint density at radius 2 is 2.14 bits per heavy atom. The van der Waals surface area contributed by atoms with Crippen molar-refractivity contribution in [2.75, 3.05) is 10.7 Å². The van der Waals surface area contributed by atoms with E-state index in [1.807, 2.05) is 0 Å². The summed E-state index contributed by atoms with van der Waals surface area (Å²) >= 11 is 3.27. The average molecular weight is 402 g/mol. The van der Waals surface area contributed by atoms with E-state index in [1.54, 1.807) is 38.6 Å². The summed E-state index contributed by atoms with van der Waals surface area (Å²) in [6.45, 7) is 2.09. The highest BCUT2D eigenvalue weighted by atomic mass is 79.9. The first-order chi connectivity index (χ1) is 10.6. The van der Waals surface area contributed by atoms with Gasteiger partial charge in [0, 0.05) is 15.8 Å². The van der Waals surface area contributed by atoms with Crippen molar-refractivity contribution in [3.63, 3.8) is 0 Å². The van der Waals surface area contributed by atoms with Crippen LogP contribution < -0.4 is 4.90 Å². The zero-order valence-corrected chi connectivity index (χ0v) is 15.5. The molecule has 1 heterocycles. The lowest BCUT2D eigenvalue weighted by molar-refractivity contribution is -0.114. The average Bonchev–Trinajstić information content (AvgIpc) is 2.78. The van der Waals surface area contributed by atoms with Gasteiger partial charge in [0.1, 0.15) is 11.2 Å². The minimum absolute atomic E-state index is 0.00914. The van der Waals surface area contributed by atoms with Gasteiger partial charge in [0.2, 0.25) is 0 Å². The summed E-state index contributed by atoms with van der Waals surface area (Å²) in [7, 11) is 3.40.